The highest BCUT2D eigenvalue weighted by molar-refractivity contribution is 6.09. The molecule has 3 aliphatic rings. The number of hydrogen-bond acceptors (Lipinski definition) is 4. The average Bonchev–Trinajstić information content (AvgIpc) is 3.71. The maximum Gasteiger partial charge on any atom is 0.0537 e. The number of benzene rings is 8. The van der Waals surface area contributed by atoms with Crippen LogP contribution in [0.25, 0.3) is 49.4 Å². The highest BCUT2D eigenvalue weighted by atomic mass is 15.2. The highest BCUT2D eigenvalue weighted by Gasteiger charge is 2.35. The fourth-order valence-corrected chi connectivity index (χ4v) is 9.19. The van der Waals surface area contributed by atoms with E-state index in [2.05, 4.69) is 210 Å². The SMILES string of the molecule is C1=CCC2C(=C1)N(c1cccc3ccccc13)c1cc(-c3ccc(-c4cccc(NCc5cccc6ccccc56)c4)cc3)ccc12.CC1=CCCC=C1.CN=C/C(=C\N)c1ccccc1. The normalized spacial score (nSPS) is 15.0. The van der Waals surface area contributed by atoms with Crippen LogP contribution in [-0.2, 0) is 6.54 Å². The molecule has 3 N–H and O–H groups in total. The molecule has 0 saturated heterocycles. The number of rotatable bonds is 8. The molecule has 0 amide bonds. The summed E-state index contributed by atoms with van der Waals surface area (Å²) >= 11 is 0. The molecule has 4 heteroatoms. The number of hydrogen-bond donors (Lipinski definition) is 2. The Balaban J connectivity index is 0.000000239. The largest absolute Gasteiger partial charge is 0.404 e. The predicted molar refractivity (Wildman–Crippen MR) is 284 cm³/mol. The summed E-state index contributed by atoms with van der Waals surface area (Å²) in [6.45, 7) is 2.92. The minimum Gasteiger partial charge on any atom is -0.404 e. The Hall–Kier alpha value is -7.95. The molecular weight excluding hydrogens is 801 g/mol. The smallest absolute Gasteiger partial charge is 0.0537 e. The number of nitrogens with zero attached hydrogens (tertiary/aromatic N) is 2. The van der Waals surface area contributed by atoms with Crippen LogP contribution in [0.15, 0.2) is 241 Å². The first kappa shape index (κ1) is 43.3. The number of anilines is 3. The average molecular weight is 857 g/mol. The van der Waals surface area contributed by atoms with Crippen molar-refractivity contribution in [2.75, 3.05) is 17.3 Å². The van der Waals surface area contributed by atoms with E-state index in [-0.39, 0.29) is 0 Å². The molecule has 2 aliphatic carbocycles. The molecule has 1 heterocycles. The van der Waals surface area contributed by atoms with Gasteiger partial charge in [-0.25, -0.2) is 0 Å². The van der Waals surface area contributed by atoms with Crippen molar-refractivity contribution in [1.29, 1.82) is 0 Å². The van der Waals surface area contributed by atoms with Gasteiger partial charge < -0.3 is 16.0 Å². The van der Waals surface area contributed by atoms with Gasteiger partial charge in [-0.15, -0.1) is 0 Å². The zero-order valence-electron chi connectivity index (χ0n) is 37.8. The van der Waals surface area contributed by atoms with Gasteiger partial charge >= 0.3 is 0 Å². The van der Waals surface area contributed by atoms with Crippen LogP contribution in [0, 0.1) is 0 Å². The topological polar surface area (TPSA) is 53.6 Å². The van der Waals surface area contributed by atoms with Crippen molar-refractivity contribution in [2.45, 2.75) is 38.6 Å². The van der Waals surface area contributed by atoms with Crippen LogP contribution in [0.3, 0.4) is 0 Å². The predicted octanol–water partition coefficient (Wildman–Crippen LogP) is 16.0. The van der Waals surface area contributed by atoms with Crippen molar-refractivity contribution in [1.82, 2.24) is 0 Å². The first-order chi connectivity index (χ1) is 32.6. The van der Waals surface area contributed by atoms with E-state index in [0.29, 0.717) is 5.92 Å². The zero-order valence-corrected chi connectivity index (χ0v) is 37.8. The van der Waals surface area contributed by atoms with E-state index in [4.69, 9.17) is 5.73 Å². The van der Waals surface area contributed by atoms with Crippen LogP contribution in [0.4, 0.5) is 17.1 Å². The van der Waals surface area contributed by atoms with E-state index in [1.807, 2.05) is 30.3 Å². The molecule has 66 heavy (non-hydrogen) atoms. The van der Waals surface area contributed by atoms with Gasteiger partial charge in [-0.2, -0.15) is 0 Å². The first-order valence-electron chi connectivity index (χ1n) is 23.0. The molecule has 11 rings (SSSR count). The quantitative estimate of drug-likeness (QED) is 0.150. The van der Waals surface area contributed by atoms with Crippen molar-refractivity contribution >= 4 is 50.4 Å². The van der Waals surface area contributed by atoms with E-state index in [1.54, 1.807) is 19.5 Å². The standard InChI is InChI=1S/C45H34N2.C10H12N2.C7H10/c1-3-17-39-33(10-1)12-7-15-37(39)30-46-38-16-8-14-35(28-38)31-22-24-32(25-23-31)36-26-27-42-41-19-5-6-20-44(41)47(45(42)29-36)43-21-9-13-34-11-2-4-18-40(34)43;1-12-8-10(7-11)9-5-3-2-4-6-9;1-7-5-3-2-4-6-7/h1-18,20-29,41,46H,19,30H2;2-8H,11H2,1H3;3,5-6H,2,4H2,1H3/b;10-7+,12-8?;. The summed E-state index contributed by atoms with van der Waals surface area (Å²) in [6, 6.07) is 65.2. The van der Waals surface area contributed by atoms with E-state index >= 15 is 0 Å². The van der Waals surface area contributed by atoms with Gasteiger partial charge in [-0.05, 0) is 112 Å². The second kappa shape index (κ2) is 20.7. The lowest BCUT2D eigenvalue weighted by atomic mass is 9.91. The van der Waals surface area contributed by atoms with Gasteiger partial charge in [0.05, 0.1) is 11.4 Å². The second-order valence-electron chi connectivity index (χ2n) is 16.9. The molecule has 0 aromatic heterocycles. The highest BCUT2D eigenvalue weighted by Crippen LogP contribution is 2.52. The van der Waals surface area contributed by atoms with Crippen molar-refractivity contribution in [2.24, 2.45) is 10.7 Å². The van der Waals surface area contributed by atoms with Crippen LogP contribution in [0.1, 0.15) is 48.8 Å². The van der Waals surface area contributed by atoms with Crippen LogP contribution >= 0.6 is 0 Å². The van der Waals surface area contributed by atoms with Gasteiger partial charge in [0, 0.05) is 54.3 Å². The van der Waals surface area contributed by atoms with Crippen LogP contribution in [0.5, 0.6) is 0 Å². The maximum atomic E-state index is 5.44. The second-order valence-corrected chi connectivity index (χ2v) is 16.9. The molecule has 8 aromatic rings. The van der Waals surface area contributed by atoms with Crippen molar-refractivity contribution in [3.05, 3.63) is 253 Å². The Kier molecular flexibility index (Phi) is 13.6. The van der Waals surface area contributed by atoms with Crippen molar-refractivity contribution < 1.29 is 0 Å². The number of aliphatic imine (C=N–C) groups is 1. The Morgan fingerprint density at radius 2 is 1.32 bits per heavy atom. The summed E-state index contributed by atoms with van der Waals surface area (Å²) in [7, 11) is 1.73. The fraction of sp³-hybridized carbons (Fsp3) is 0.113. The Morgan fingerprint density at radius 1 is 0.652 bits per heavy atom. The summed E-state index contributed by atoms with van der Waals surface area (Å²) in [5.74, 6) is 0.381. The van der Waals surface area contributed by atoms with Gasteiger partial charge in [0.25, 0.3) is 0 Å². The number of allylic oxidation sites excluding steroid dienone is 9. The van der Waals surface area contributed by atoms with E-state index in [9.17, 15) is 0 Å². The Bertz CT molecular complexity index is 3140. The lowest BCUT2D eigenvalue weighted by Gasteiger charge is -2.26. The zero-order chi connectivity index (χ0) is 45.1. The minimum atomic E-state index is 0.381. The fourth-order valence-electron chi connectivity index (χ4n) is 9.19. The van der Waals surface area contributed by atoms with Crippen molar-refractivity contribution in [3.8, 4) is 22.3 Å². The van der Waals surface area contributed by atoms with Crippen LogP contribution in [-0.4, -0.2) is 13.3 Å². The number of nitrogens with one attached hydrogen (secondary N) is 1. The Morgan fingerprint density at radius 3 is 2.03 bits per heavy atom. The van der Waals surface area contributed by atoms with Gasteiger partial charge in [0.15, 0.2) is 0 Å². The van der Waals surface area contributed by atoms with Gasteiger partial charge in [-0.1, -0.05) is 194 Å². The number of nitrogens with two attached hydrogens (primary N) is 1. The van der Waals surface area contributed by atoms with Gasteiger partial charge in [-0.3, -0.25) is 4.99 Å². The molecule has 0 radical (unpaired) electrons. The molecule has 1 unspecified atom stereocenters. The molecule has 0 bridgehead atoms. The third kappa shape index (κ3) is 9.74. The number of fused-ring (bicyclic) bond motifs is 5. The third-order valence-electron chi connectivity index (χ3n) is 12.6. The summed E-state index contributed by atoms with van der Waals surface area (Å²) in [5, 5.41) is 8.78. The lowest BCUT2D eigenvalue weighted by Crippen LogP contribution is -2.14. The molecule has 1 atom stereocenters. The van der Waals surface area contributed by atoms with Gasteiger partial charge in [0.2, 0.25) is 0 Å². The van der Waals surface area contributed by atoms with Crippen molar-refractivity contribution in [3.63, 3.8) is 0 Å². The van der Waals surface area contributed by atoms with E-state index < -0.39 is 0 Å². The van der Waals surface area contributed by atoms with E-state index in [1.165, 1.54) is 90.4 Å². The first-order valence-corrected chi connectivity index (χ1v) is 23.0. The van der Waals surface area contributed by atoms with Crippen LogP contribution in [0.2, 0.25) is 0 Å². The lowest BCUT2D eigenvalue weighted by molar-refractivity contribution is 0.820. The molecule has 1 aliphatic heterocycles. The van der Waals surface area contributed by atoms with E-state index in [0.717, 1.165) is 29.8 Å². The maximum absolute atomic E-state index is 5.44. The molecule has 0 saturated carbocycles. The summed E-state index contributed by atoms with van der Waals surface area (Å²) in [5.41, 5.74) is 21.5. The van der Waals surface area contributed by atoms with Crippen LogP contribution < -0.4 is 16.0 Å². The summed E-state index contributed by atoms with van der Waals surface area (Å²) in [4.78, 5) is 6.41. The molecule has 324 valence electrons. The summed E-state index contributed by atoms with van der Waals surface area (Å²) < 4.78 is 0. The molecule has 0 fully saturated rings. The Labute approximate surface area is 390 Å². The molecule has 0 spiro atoms. The molecule has 8 aromatic carbocycles. The summed E-state index contributed by atoms with van der Waals surface area (Å²) in [6.07, 6.45) is 20.3. The molecular formula is C62H56N4. The third-order valence-corrected chi connectivity index (χ3v) is 12.6. The molecule has 4 nitrogen and oxygen atoms in total. The minimum absolute atomic E-state index is 0.381. The monoisotopic (exact) mass is 856 g/mol. The van der Waals surface area contributed by atoms with Gasteiger partial charge in [0.1, 0.15) is 0 Å².